The molecule has 1 atom stereocenters. The van der Waals surface area contributed by atoms with Crippen molar-refractivity contribution >= 4 is 29.1 Å². The van der Waals surface area contributed by atoms with E-state index in [0.29, 0.717) is 32.8 Å². The van der Waals surface area contributed by atoms with E-state index >= 15 is 0 Å². The smallest absolute Gasteiger partial charge is 0.338 e. The Bertz CT molecular complexity index is 1590. The monoisotopic (exact) mass is 545 g/mol. The van der Waals surface area contributed by atoms with Crippen LogP contribution in [-0.2, 0) is 9.53 Å². The van der Waals surface area contributed by atoms with Crippen LogP contribution in [0.1, 0.15) is 62.3 Å². The number of anilines is 1. The molecule has 0 bridgehead atoms. The number of hydrogen-bond acceptors (Lipinski definition) is 7. The second-order valence-electron chi connectivity index (χ2n) is 9.93. The van der Waals surface area contributed by atoms with Crippen molar-refractivity contribution in [2.45, 2.75) is 52.5 Å². The number of ether oxygens (including phenoxy) is 2. The van der Waals surface area contributed by atoms with Crippen LogP contribution >= 0.6 is 11.3 Å². The van der Waals surface area contributed by atoms with E-state index in [0.717, 1.165) is 30.6 Å². The van der Waals surface area contributed by atoms with E-state index in [2.05, 4.69) is 36.9 Å². The van der Waals surface area contributed by atoms with Crippen molar-refractivity contribution in [3.05, 3.63) is 90.1 Å². The average Bonchev–Trinajstić information content (AvgIpc) is 3.57. The summed E-state index contributed by atoms with van der Waals surface area (Å²) in [5.74, 6) is 0.209. The van der Waals surface area contributed by atoms with Crippen molar-refractivity contribution in [3.63, 3.8) is 0 Å². The first-order valence-corrected chi connectivity index (χ1v) is 14.5. The van der Waals surface area contributed by atoms with Crippen LogP contribution in [0.4, 0.5) is 5.69 Å². The van der Waals surface area contributed by atoms with E-state index in [4.69, 9.17) is 14.5 Å². The van der Waals surface area contributed by atoms with Crippen LogP contribution in [0.15, 0.2) is 63.5 Å². The summed E-state index contributed by atoms with van der Waals surface area (Å²) < 4.78 is 13.2. The molecule has 0 aliphatic carbocycles. The minimum Gasteiger partial charge on any atom is -0.497 e. The minimum atomic E-state index is -0.654. The van der Waals surface area contributed by atoms with Crippen molar-refractivity contribution in [3.8, 4) is 5.75 Å². The Labute approximate surface area is 232 Å². The van der Waals surface area contributed by atoms with E-state index < -0.39 is 12.0 Å². The van der Waals surface area contributed by atoms with Crippen LogP contribution in [0.25, 0.3) is 6.08 Å². The maximum atomic E-state index is 14.0. The molecule has 39 heavy (non-hydrogen) atoms. The number of hydrogen-bond donors (Lipinski definition) is 0. The van der Waals surface area contributed by atoms with Gasteiger partial charge in [-0.05, 0) is 80.1 Å². The molecule has 3 aromatic rings. The van der Waals surface area contributed by atoms with Gasteiger partial charge in [-0.3, -0.25) is 9.36 Å². The number of nitrogens with zero attached hydrogens (tertiary/aromatic N) is 3. The molecule has 2 aliphatic rings. The van der Waals surface area contributed by atoms with Gasteiger partial charge < -0.3 is 14.4 Å². The third-order valence-electron chi connectivity index (χ3n) is 7.27. The van der Waals surface area contributed by atoms with Gasteiger partial charge in [0.2, 0.25) is 0 Å². The molecular formula is C31H35N3O4S. The van der Waals surface area contributed by atoms with Crippen molar-refractivity contribution in [2.24, 2.45) is 4.99 Å². The first-order chi connectivity index (χ1) is 18.9. The number of aromatic nitrogens is 1. The van der Waals surface area contributed by atoms with E-state index in [9.17, 15) is 9.59 Å². The number of rotatable bonds is 8. The van der Waals surface area contributed by atoms with Crippen molar-refractivity contribution in [1.82, 2.24) is 4.57 Å². The molecule has 1 aromatic heterocycles. The molecule has 1 saturated heterocycles. The molecule has 7 nitrogen and oxygen atoms in total. The molecule has 3 heterocycles. The normalized spacial score (nSPS) is 17.3. The van der Waals surface area contributed by atoms with Gasteiger partial charge in [-0.15, -0.1) is 0 Å². The molecule has 0 N–H and O–H groups in total. The van der Waals surface area contributed by atoms with Gasteiger partial charge in [-0.2, -0.15) is 0 Å². The first kappa shape index (κ1) is 26.9. The first-order valence-electron chi connectivity index (χ1n) is 13.7. The Balaban J connectivity index is 1.67. The van der Waals surface area contributed by atoms with Gasteiger partial charge in [0.25, 0.3) is 5.56 Å². The Morgan fingerprint density at radius 2 is 1.95 bits per heavy atom. The van der Waals surface area contributed by atoms with E-state index in [-0.39, 0.29) is 12.2 Å². The second-order valence-corrected chi connectivity index (χ2v) is 10.9. The van der Waals surface area contributed by atoms with Gasteiger partial charge in [0, 0.05) is 18.8 Å². The zero-order valence-electron chi connectivity index (χ0n) is 23.0. The second kappa shape index (κ2) is 11.6. The van der Waals surface area contributed by atoms with E-state index in [1.165, 1.54) is 35.4 Å². The van der Waals surface area contributed by atoms with Crippen LogP contribution in [0.5, 0.6) is 5.75 Å². The third kappa shape index (κ3) is 5.30. The number of carbonyl (C=O) groups is 1. The van der Waals surface area contributed by atoms with Crippen LogP contribution in [0.3, 0.4) is 0 Å². The van der Waals surface area contributed by atoms with Crippen molar-refractivity contribution in [1.29, 1.82) is 0 Å². The van der Waals surface area contributed by atoms with E-state index in [1.54, 1.807) is 18.6 Å². The molecule has 0 saturated carbocycles. The zero-order valence-corrected chi connectivity index (χ0v) is 23.8. The number of esters is 1. The molecule has 5 rings (SSSR count). The Morgan fingerprint density at radius 1 is 1.15 bits per heavy atom. The maximum Gasteiger partial charge on any atom is 0.338 e. The highest BCUT2D eigenvalue weighted by molar-refractivity contribution is 7.07. The quantitative estimate of drug-likeness (QED) is 0.390. The van der Waals surface area contributed by atoms with Gasteiger partial charge in [-0.1, -0.05) is 42.9 Å². The average molecular weight is 546 g/mol. The summed E-state index contributed by atoms with van der Waals surface area (Å²) in [4.78, 5) is 35.2. The third-order valence-corrected chi connectivity index (χ3v) is 8.25. The molecule has 0 spiro atoms. The van der Waals surface area contributed by atoms with Crippen molar-refractivity contribution < 1.29 is 14.3 Å². The highest BCUT2D eigenvalue weighted by Gasteiger charge is 2.34. The lowest BCUT2D eigenvalue weighted by atomic mass is 9.94. The van der Waals surface area contributed by atoms with Crippen LogP contribution < -0.4 is 24.5 Å². The fraction of sp³-hybridized carbons (Fsp3) is 0.387. The predicted octanol–water partition coefficient (Wildman–Crippen LogP) is 4.50. The summed E-state index contributed by atoms with van der Waals surface area (Å²) in [5.41, 5.74) is 5.11. The van der Waals surface area contributed by atoms with E-state index in [1.807, 2.05) is 30.3 Å². The van der Waals surface area contributed by atoms with Crippen LogP contribution in [0, 0.1) is 6.92 Å². The highest BCUT2D eigenvalue weighted by Crippen LogP contribution is 2.34. The Kier molecular flexibility index (Phi) is 8.02. The lowest BCUT2D eigenvalue weighted by Gasteiger charge is -2.26. The molecule has 8 heteroatoms. The Morgan fingerprint density at radius 3 is 2.64 bits per heavy atom. The summed E-state index contributed by atoms with van der Waals surface area (Å²) in [6.45, 7) is 8.37. The molecule has 2 aliphatic heterocycles. The number of carbonyl (C=O) groups excluding carboxylic acids is 1. The Hall–Kier alpha value is -3.65. The predicted molar refractivity (Wildman–Crippen MR) is 155 cm³/mol. The number of benzene rings is 2. The van der Waals surface area contributed by atoms with Crippen LogP contribution in [-0.4, -0.2) is 37.3 Å². The summed E-state index contributed by atoms with van der Waals surface area (Å²) in [6, 6.07) is 13.2. The standard InChI is InChI=1S/C31H35N3O4S/c1-5-10-24-27(30(36)38-6-2)28(22-11-9-12-23(19-22)37-4)34-29(35)26(39-31(34)32-24)18-21-13-14-25(20(3)17-21)33-15-7-8-16-33/h9,11-14,17-19,28H,5-8,10,15-16H2,1-4H3/b26-18+/t28-/m1/s1. The minimum absolute atomic E-state index is 0.176. The maximum absolute atomic E-state index is 14.0. The van der Waals surface area contributed by atoms with Gasteiger partial charge in [0.05, 0.1) is 35.6 Å². The number of methoxy groups -OCH3 is 1. The van der Waals surface area contributed by atoms with Gasteiger partial charge in [-0.25, -0.2) is 9.79 Å². The lowest BCUT2D eigenvalue weighted by molar-refractivity contribution is -0.139. The van der Waals surface area contributed by atoms with Crippen LogP contribution in [0.2, 0.25) is 0 Å². The van der Waals surface area contributed by atoms with Gasteiger partial charge in [0.15, 0.2) is 4.80 Å². The molecule has 0 radical (unpaired) electrons. The summed E-state index contributed by atoms with van der Waals surface area (Å²) in [6.07, 6.45) is 5.80. The lowest BCUT2D eigenvalue weighted by Crippen LogP contribution is -2.40. The fourth-order valence-corrected chi connectivity index (χ4v) is 6.50. The molecule has 204 valence electrons. The van der Waals surface area contributed by atoms with Gasteiger partial charge in [0.1, 0.15) is 5.75 Å². The summed E-state index contributed by atoms with van der Waals surface area (Å²) >= 11 is 1.36. The molecular weight excluding hydrogens is 510 g/mol. The van der Waals surface area contributed by atoms with Gasteiger partial charge >= 0.3 is 5.97 Å². The number of aryl methyl sites for hydroxylation is 1. The fourth-order valence-electron chi connectivity index (χ4n) is 5.48. The molecule has 1 fully saturated rings. The van der Waals surface area contributed by atoms with Crippen molar-refractivity contribution in [2.75, 3.05) is 31.7 Å². The number of thiazole rings is 1. The number of fused-ring (bicyclic) bond motifs is 1. The zero-order chi connectivity index (χ0) is 27.5. The molecule has 2 aromatic carbocycles. The largest absolute Gasteiger partial charge is 0.497 e. The summed E-state index contributed by atoms with van der Waals surface area (Å²) in [5, 5.41) is 0. The topological polar surface area (TPSA) is 73.1 Å². The SMILES string of the molecule is CCCC1=C(C(=O)OCC)[C@@H](c2cccc(OC)c2)n2c(s/c(=C/c3ccc(N4CCCC4)c(C)c3)c2=O)=N1. The highest BCUT2D eigenvalue weighted by atomic mass is 32.1. The molecule has 0 amide bonds. The summed E-state index contributed by atoms with van der Waals surface area (Å²) in [7, 11) is 1.60. The molecule has 0 unspecified atom stereocenters. The number of allylic oxidation sites excluding steroid dienone is 1.